The molecule has 0 amide bonds. The number of methoxy groups -OCH3 is 2. The van der Waals surface area contributed by atoms with Crippen LogP contribution in [-0.2, 0) is 0 Å². The second-order valence-corrected chi connectivity index (χ2v) is 5.48. The zero-order valence-corrected chi connectivity index (χ0v) is 13.7. The summed E-state index contributed by atoms with van der Waals surface area (Å²) in [5.41, 5.74) is 1.27. The second kappa shape index (κ2) is 6.80. The van der Waals surface area contributed by atoms with Gasteiger partial charge < -0.3 is 14.8 Å². The molecule has 3 nitrogen and oxygen atoms in total. The summed E-state index contributed by atoms with van der Waals surface area (Å²) >= 11 is 3.42. The first kappa shape index (κ1) is 15.6. The molecule has 0 aliphatic heterocycles. The lowest BCUT2D eigenvalue weighted by molar-refractivity contribution is 0.401. The highest BCUT2D eigenvalue weighted by Crippen LogP contribution is 2.34. The number of hydrogen-bond donors (Lipinski definition) is 1. The van der Waals surface area contributed by atoms with Gasteiger partial charge in [0.1, 0.15) is 17.3 Å². The molecule has 0 spiro atoms. The second-order valence-electron chi connectivity index (χ2n) is 4.57. The number of rotatable bonds is 5. The van der Waals surface area contributed by atoms with Crippen LogP contribution in [0.3, 0.4) is 0 Å². The third kappa shape index (κ3) is 3.47. The Morgan fingerprint density at radius 1 is 1.10 bits per heavy atom. The van der Waals surface area contributed by atoms with Gasteiger partial charge in [-0.3, -0.25) is 0 Å². The Balaban J connectivity index is 2.34. The van der Waals surface area contributed by atoms with Crippen LogP contribution < -0.4 is 14.8 Å². The summed E-state index contributed by atoms with van der Waals surface area (Å²) in [6, 6.07) is 10.1. The lowest BCUT2D eigenvalue weighted by atomic mass is 10.1. The molecule has 0 aromatic heterocycles. The van der Waals surface area contributed by atoms with Crippen molar-refractivity contribution < 1.29 is 13.9 Å². The maximum Gasteiger partial charge on any atom is 0.142 e. The third-order valence-electron chi connectivity index (χ3n) is 3.20. The lowest BCUT2D eigenvalue weighted by Crippen LogP contribution is -2.11. The van der Waals surface area contributed by atoms with Crippen LogP contribution >= 0.6 is 15.9 Å². The Kier molecular flexibility index (Phi) is 5.07. The maximum atomic E-state index is 14.1. The number of ether oxygens (including phenoxy) is 2. The topological polar surface area (TPSA) is 30.5 Å². The molecule has 1 N–H and O–H groups in total. The molecule has 2 aromatic carbocycles. The summed E-state index contributed by atoms with van der Waals surface area (Å²) < 4.78 is 25.6. The molecule has 0 saturated carbocycles. The Bertz CT molecular complexity index is 634. The van der Waals surface area contributed by atoms with E-state index in [2.05, 4.69) is 21.2 Å². The Labute approximate surface area is 132 Å². The summed E-state index contributed by atoms with van der Waals surface area (Å²) in [5, 5.41) is 3.26. The van der Waals surface area contributed by atoms with Gasteiger partial charge in [0.05, 0.1) is 31.5 Å². The highest BCUT2D eigenvalue weighted by atomic mass is 79.9. The molecule has 5 heteroatoms. The van der Waals surface area contributed by atoms with Gasteiger partial charge in [0, 0.05) is 4.47 Å². The van der Waals surface area contributed by atoms with Crippen LogP contribution in [0, 0.1) is 5.82 Å². The number of hydrogen-bond acceptors (Lipinski definition) is 3. The standard InChI is InChI=1S/C16H17BrFNO2/c1-10(16-12(18)5-4-6-15(16)21-3)19-13-9-11(17)7-8-14(13)20-2/h4-10,19H,1-3H3. The first-order valence-corrected chi connectivity index (χ1v) is 7.28. The molecule has 21 heavy (non-hydrogen) atoms. The third-order valence-corrected chi connectivity index (χ3v) is 3.69. The van der Waals surface area contributed by atoms with Crippen molar-refractivity contribution in [3.63, 3.8) is 0 Å². The minimum Gasteiger partial charge on any atom is -0.496 e. The SMILES string of the molecule is COc1ccc(Br)cc1NC(C)c1c(F)cccc1OC. The Hall–Kier alpha value is -1.75. The fraction of sp³-hybridized carbons (Fsp3) is 0.250. The van der Waals surface area contributed by atoms with Crippen molar-refractivity contribution in [3.05, 3.63) is 52.3 Å². The van der Waals surface area contributed by atoms with E-state index in [1.54, 1.807) is 19.2 Å². The van der Waals surface area contributed by atoms with E-state index in [1.165, 1.54) is 13.2 Å². The van der Waals surface area contributed by atoms with Crippen LogP contribution in [0.4, 0.5) is 10.1 Å². The van der Waals surface area contributed by atoms with Gasteiger partial charge in [-0.2, -0.15) is 0 Å². The summed E-state index contributed by atoms with van der Waals surface area (Å²) in [7, 11) is 3.13. The van der Waals surface area contributed by atoms with Gasteiger partial charge in [0.2, 0.25) is 0 Å². The Morgan fingerprint density at radius 3 is 2.48 bits per heavy atom. The van der Waals surface area contributed by atoms with Crippen molar-refractivity contribution in [2.45, 2.75) is 13.0 Å². The highest BCUT2D eigenvalue weighted by molar-refractivity contribution is 9.10. The molecule has 2 rings (SSSR count). The van der Waals surface area contributed by atoms with E-state index in [0.29, 0.717) is 17.1 Å². The molecule has 0 saturated heterocycles. The normalized spacial score (nSPS) is 11.9. The summed E-state index contributed by atoms with van der Waals surface area (Å²) in [4.78, 5) is 0. The van der Waals surface area contributed by atoms with E-state index in [1.807, 2.05) is 25.1 Å². The van der Waals surface area contributed by atoms with Crippen molar-refractivity contribution in [2.75, 3.05) is 19.5 Å². The summed E-state index contributed by atoms with van der Waals surface area (Å²) in [6.07, 6.45) is 0. The zero-order valence-electron chi connectivity index (χ0n) is 12.1. The number of nitrogens with one attached hydrogen (secondary N) is 1. The quantitative estimate of drug-likeness (QED) is 0.838. The molecular formula is C16H17BrFNO2. The monoisotopic (exact) mass is 353 g/mol. The van der Waals surface area contributed by atoms with Crippen molar-refractivity contribution in [1.29, 1.82) is 0 Å². The van der Waals surface area contributed by atoms with E-state index >= 15 is 0 Å². The summed E-state index contributed by atoms with van der Waals surface area (Å²) in [6.45, 7) is 1.88. The predicted octanol–water partition coefficient (Wildman–Crippen LogP) is 4.78. The predicted molar refractivity (Wildman–Crippen MR) is 85.7 cm³/mol. The molecule has 1 unspecified atom stereocenters. The van der Waals surface area contributed by atoms with Crippen LogP contribution in [0.1, 0.15) is 18.5 Å². The maximum absolute atomic E-state index is 14.1. The van der Waals surface area contributed by atoms with E-state index < -0.39 is 0 Å². The summed E-state index contributed by atoms with van der Waals surface area (Å²) in [5.74, 6) is 0.910. The molecule has 112 valence electrons. The first-order valence-electron chi connectivity index (χ1n) is 6.49. The highest BCUT2D eigenvalue weighted by Gasteiger charge is 2.17. The van der Waals surface area contributed by atoms with Crippen LogP contribution in [0.25, 0.3) is 0 Å². The largest absolute Gasteiger partial charge is 0.496 e. The van der Waals surface area contributed by atoms with Gasteiger partial charge in [-0.25, -0.2) is 4.39 Å². The van der Waals surface area contributed by atoms with Crippen molar-refractivity contribution >= 4 is 21.6 Å². The smallest absolute Gasteiger partial charge is 0.142 e. The van der Waals surface area contributed by atoms with E-state index in [4.69, 9.17) is 9.47 Å². The average molecular weight is 354 g/mol. The Morgan fingerprint density at radius 2 is 1.81 bits per heavy atom. The fourth-order valence-corrected chi connectivity index (χ4v) is 2.57. The number of halogens is 2. The minimum atomic E-state index is -0.302. The lowest BCUT2D eigenvalue weighted by Gasteiger charge is -2.20. The molecular weight excluding hydrogens is 337 g/mol. The van der Waals surface area contributed by atoms with Gasteiger partial charge in [0.15, 0.2) is 0 Å². The van der Waals surface area contributed by atoms with Gasteiger partial charge >= 0.3 is 0 Å². The molecule has 0 radical (unpaired) electrons. The zero-order chi connectivity index (χ0) is 15.4. The molecule has 0 fully saturated rings. The number of benzene rings is 2. The fourth-order valence-electron chi connectivity index (χ4n) is 2.21. The van der Waals surface area contributed by atoms with Crippen LogP contribution in [0.5, 0.6) is 11.5 Å². The molecule has 0 bridgehead atoms. The van der Waals surface area contributed by atoms with Gasteiger partial charge in [-0.15, -0.1) is 0 Å². The van der Waals surface area contributed by atoms with Crippen LogP contribution in [0.15, 0.2) is 40.9 Å². The molecule has 0 aliphatic carbocycles. The molecule has 0 aliphatic rings. The van der Waals surface area contributed by atoms with Crippen molar-refractivity contribution in [2.24, 2.45) is 0 Å². The van der Waals surface area contributed by atoms with E-state index in [9.17, 15) is 4.39 Å². The first-order chi connectivity index (χ1) is 10.1. The van der Waals surface area contributed by atoms with Gasteiger partial charge in [0.25, 0.3) is 0 Å². The van der Waals surface area contributed by atoms with Crippen LogP contribution in [-0.4, -0.2) is 14.2 Å². The van der Waals surface area contributed by atoms with Crippen LogP contribution in [0.2, 0.25) is 0 Å². The molecule has 1 atom stereocenters. The van der Waals surface area contributed by atoms with Crippen molar-refractivity contribution in [3.8, 4) is 11.5 Å². The van der Waals surface area contributed by atoms with Gasteiger partial charge in [-0.05, 0) is 37.3 Å². The average Bonchev–Trinajstić information content (AvgIpc) is 2.47. The van der Waals surface area contributed by atoms with E-state index in [-0.39, 0.29) is 11.9 Å². The molecule has 0 heterocycles. The van der Waals surface area contributed by atoms with E-state index in [0.717, 1.165) is 10.2 Å². The minimum absolute atomic E-state index is 0.274. The van der Waals surface area contributed by atoms with Crippen molar-refractivity contribution in [1.82, 2.24) is 0 Å². The molecule has 2 aromatic rings. The van der Waals surface area contributed by atoms with Gasteiger partial charge in [-0.1, -0.05) is 22.0 Å². The number of anilines is 1.